The van der Waals surface area contributed by atoms with Crippen molar-refractivity contribution in [2.45, 2.75) is 57.3 Å². The van der Waals surface area contributed by atoms with E-state index in [1.165, 1.54) is 4.90 Å². The predicted octanol–water partition coefficient (Wildman–Crippen LogP) is 0.233. The van der Waals surface area contributed by atoms with E-state index in [-0.39, 0.29) is 47.8 Å². The average Bonchev–Trinajstić information content (AvgIpc) is 2.84. The van der Waals surface area contributed by atoms with Gasteiger partial charge in [-0.05, 0) is 65.3 Å². The number of hydrogen-bond donors (Lipinski definition) is 7. The first-order chi connectivity index (χ1) is 19.3. The number of Topliss-reactive ketones (excluding diaryl/α,β-unsaturated/α-hetero) is 2. The van der Waals surface area contributed by atoms with E-state index in [1.54, 1.807) is 34.3 Å². The fourth-order valence-electron chi connectivity index (χ4n) is 6.46. The Morgan fingerprint density at radius 1 is 1.14 bits per heavy atom. The van der Waals surface area contributed by atoms with Crippen molar-refractivity contribution in [2.24, 2.45) is 28.3 Å². The minimum Gasteiger partial charge on any atom is -0.508 e. The third kappa shape index (κ3) is 4.75. The van der Waals surface area contributed by atoms with Crippen molar-refractivity contribution in [2.75, 3.05) is 33.1 Å². The minimum absolute atomic E-state index is 0.00467. The highest BCUT2D eigenvalue weighted by Crippen LogP contribution is 2.54. The number of carbonyl (C=O) groups is 3. The predicted molar refractivity (Wildman–Crippen MR) is 157 cm³/mol. The molecule has 3 aliphatic carbocycles. The van der Waals surface area contributed by atoms with Gasteiger partial charge in [0.2, 0.25) is 5.78 Å². The molecule has 0 saturated heterocycles. The lowest BCUT2D eigenvalue weighted by Crippen LogP contribution is -2.65. The molecule has 13 nitrogen and oxygen atoms in total. The molecule has 0 radical (unpaired) electrons. The number of guanidine groups is 1. The number of likely N-dealkylation sites (N-methyl/N-ethyl adjacent to an activating group) is 1. The maximum absolute atomic E-state index is 14.1. The highest BCUT2D eigenvalue weighted by molar-refractivity contribution is 6.24. The van der Waals surface area contributed by atoms with Crippen molar-refractivity contribution in [3.63, 3.8) is 0 Å². The Balaban J connectivity index is 1.92. The number of aromatic hydroxyl groups is 1. The van der Waals surface area contributed by atoms with Crippen molar-refractivity contribution >= 4 is 34.9 Å². The first kappa shape index (κ1) is 30.8. The monoisotopic (exact) mass is 584 g/mol. The van der Waals surface area contributed by atoms with Crippen LogP contribution in [0.3, 0.4) is 0 Å². The molecule has 13 heteroatoms. The molecule has 4 rings (SSSR count). The molecule has 4 atom stereocenters. The molecule has 3 aliphatic rings. The third-order valence-electron chi connectivity index (χ3n) is 8.18. The van der Waals surface area contributed by atoms with Crippen LogP contribution in [0, 0.1) is 11.8 Å². The summed E-state index contributed by atoms with van der Waals surface area (Å²) >= 11 is 0. The molecule has 42 heavy (non-hydrogen) atoms. The molecule has 1 aromatic rings. The number of nitrogens with two attached hydrogens (primary N) is 2. The van der Waals surface area contributed by atoms with Gasteiger partial charge in [0.25, 0.3) is 5.91 Å². The van der Waals surface area contributed by atoms with Crippen LogP contribution >= 0.6 is 0 Å². The summed E-state index contributed by atoms with van der Waals surface area (Å²) in [6, 6.07) is 0.596. The fraction of sp³-hybridized carbons (Fsp3) is 0.517. The lowest BCUT2D eigenvalue weighted by atomic mass is 9.57. The smallest absolute Gasteiger partial charge is 0.255 e. The second-order valence-electron chi connectivity index (χ2n) is 12.7. The van der Waals surface area contributed by atoms with Crippen molar-refractivity contribution in [3.05, 3.63) is 39.7 Å². The van der Waals surface area contributed by atoms with Gasteiger partial charge in [-0.2, -0.15) is 0 Å². The molecule has 2 unspecified atom stereocenters. The summed E-state index contributed by atoms with van der Waals surface area (Å²) in [5.41, 5.74) is 8.86. The summed E-state index contributed by atoms with van der Waals surface area (Å²) in [4.78, 5) is 47.1. The number of aliphatic hydroxyl groups is 3. The fourth-order valence-corrected chi connectivity index (χ4v) is 6.46. The van der Waals surface area contributed by atoms with Crippen LogP contribution in [0.1, 0.15) is 43.9 Å². The second kappa shape index (κ2) is 10.3. The molecule has 1 amide bonds. The van der Waals surface area contributed by atoms with Crippen LogP contribution in [0.15, 0.2) is 28.0 Å². The van der Waals surface area contributed by atoms with E-state index >= 15 is 0 Å². The zero-order chi connectivity index (χ0) is 31.6. The van der Waals surface area contributed by atoms with Gasteiger partial charge in [0, 0.05) is 42.4 Å². The number of nitrogens with one attached hydrogen (secondary N) is 1. The van der Waals surface area contributed by atoms with Gasteiger partial charge in [-0.15, -0.1) is 0 Å². The van der Waals surface area contributed by atoms with Crippen LogP contribution < -0.4 is 21.7 Å². The molecule has 0 spiro atoms. The first-order valence-electron chi connectivity index (χ1n) is 13.6. The Hall–Kier alpha value is -4.10. The molecule has 1 aromatic carbocycles. The Morgan fingerprint density at radius 2 is 1.76 bits per heavy atom. The van der Waals surface area contributed by atoms with E-state index in [4.69, 9.17) is 11.5 Å². The van der Waals surface area contributed by atoms with Crippen LogP contribution in [0.5, 0.6) is 5.75 Å². The van der Waals surface area contributed by atoms with Crippen LogP contribution in [0.25, 0.3) is 5.76 Å². The maximum atomic E-state index is 14.1. The van der Waals surface area contributed by atoms with Gasteiger partial charge in [0.15, 0.2) is 17.3 Å². The van der Waals surface area contributed by atoms with Gasteiger partial charge in [-0.3, -0.25) is 19.3 Å². The summed E-state index contributed by atoms with van der Waals surface area (Å²) in [7, 11) is 6.71. The normalized spacial score (nSPS) is 26.2. The Bertz CT molecular complexity index is 1470. The van der Waals surface area contributed by atoms with Gasteiger partial charge in [-0.25, -0.2) is 4.99 Å². The zero-order valence-electron chi connectivity index (χ0n) is 24.9. The number of fused-ring (bicyclic) bond motifs is 3. The quantitative estimate of drug-likeness (QED) is 0.141. The summed E-state index contributed by atoms with van der Waals surface area (Å²) in [6.45, 7) is 5.70. The van der Waals surface area contributed by atoms with Crippen LogP contribution in [0.2, 0.25) is 0 Å². The number of primary amides is 1. The topological polar surface area (TPSA) is 215 Å². The molecular formula is C29H40N6O7. The van der Waals surface area contributed by atoms with E-state index in [0.717, 1.165) is 0 Å². The first-order valence-corrected chi connectivity index (χ1v) is 13.6. The van der Waals surface area contributed by atoms with Gasteiger partial charge in [-0.1, -0.05) is 0 Å². The highest BCUT2D eigenvalue weighted by Gasteiger charge is 2.64. The van der Waals surface area contributed by atoms with Crippen molar-refractivity contribution in [1.29, 1.82) is 0 Å². The SMILES string of the molecule is CN(C)c1cc(CN=C(N)NC(C)(C)C)c(O)c2c1CC1CC3[C@H](N(C)C)C(=O)C(C(N)=O)=C(O)[C@@]3(O)C(=O)C1=C2O. The maximum Gasteiger partial charge on any atom is 0.255 e. The number of benzene rings is 1. The lowest BCUT2D eigenvalue weighted by Gasteiger charge is -2.50. The number of phenolic OH excluding ortho intramolecular Hbond substituents is 1. The van der Waals surface area contributed by atoms with Crippen molar-refractivity contribution < 1.29 is 34.8 Å². The second-order valence-corrected chi connectivity index (χ2v) is 12.7. The number of carbonyl (C=O) groups excluding carboxylic acids is 3. The number of nitrogens with zero attached hydrogens (tertiary/aromatic N) is 3. The molecule has 0 heterocycles. The van der Waals surface area contributed by atoms with Gasteiger partial charge in [0.1, 0.15) is 22.8 Å². The Morgan fingerprint density at radius 3 is 2.29 bits per heavy atom. The van der Waals surface area contributed by atoms with Gasteiger partial charge < -0.3 is 42.1 Å². The van der Waals surface area contributed by atoms with E-state index in [0.29, 0.717) is 16.8 Å². The van der Waals surface area contributed by atoms with Crippen LogP contribution in [0.4, 0.5) is 5.69 Å². The van der Waals surface area contributed by atoms with Crippen molar-refractivity contribution in [1.82, 2.24) is 10.2 Å². The number of anilines is 1. The standard InChI is InChI=1S/C29H40N6O7/c1-28(2,3)33-27(31)32-11-13-10-16(34(4)5)14-8-12-9-15-20(35(6)7)23(38)19(26(30)41)25(40)29(15,42)24(39)17(12)22(37)18(14)21(13)36/h10,12,15,20,36-37,40,42H,8-9,11H2,1-7H3,(H2,30,41)(H3,31,32,33)/t12?,15?,20-,29-/m0/s1. The van der Waals surface area contributed by atoms with Gasteiger partial charge in [0.05, 0.1) is 18.2 Å². The summed E-state index contributed by atoms with van der Waals surface area (Å²) in [6.07, 6.45) is 0.202. The number of phenols is 1. The van der Waals surface area contributed by atoms with Crippen LogP contribution in [-0.2, 0) is 27.3 Å². The number of amides is 1. The molecule has 0 aliphatic heterocycles. The van der Waals surface area contributed by atoms with E-state index in [9.17, 15) is 34.8 Å². The third-order valence-corrected chi connectivity index (χ3v) is 8.18. The van der Waals surface area contributed by atoms with E-state index in [2.05, 4.69) is 10.3 Å². The molecule has 228 valence electrons. The number of aliphatic hydroxyl groups excluding tert-OH is 2. The van der Waals surface area contributed by atoms with Crippen molar-refractivity contribution in [3.8, 4) is 5.75 Å². The lowest BCUT2D eigenvalue weighted by molar-refractivity contribution is -0.153. The summed E-state index contributed by atoms with van der Waals surface area (Å²) in [5.74, 6) is -6.78. The van der Waals surface area contributed by atoms with Crippen LogP contribution in [-0.4, -0.2) is 94.1 Å². The average molecular weight is 585 g/mol. The molecule has 0 bridgehead atoms. The highest BCUT2D eigenvalue weighted by atomic mass is 16.3. The number of ketones is 2. The Kier molecular flexibility index (Phi) is 7.58. The minimum atomic E-state index is -2.69. The summed E-state index contributed by atoms with van der Waals surface area (Å²) < 4.78 is 0. The molecule has 1 saturated carbocycles. The number of aliphatic imine (C=N–C) groups is 1. The molecule has 0 aromatic heterocycles. The molecular weight excluding hydrogens is 544 g/mol. The summed E-state index contributed by atoms with van der Waals surface area (Å²) in [5, 5.41) is 48.8. The van der Waals surface area contributed by atoms with E-state index in [1.807, 2.05) is 25.7 Å². The zero-order valence-corrected chi connectivity index (χ0v) is 24.9. The largest absolute Gasteiger partial charge is 0.508 e. The Labute approximate surface area is 244 Å². The van der Waals surface area contributed by atoms with E-state index < -0.39 is 58.0 Å². The molecule has 1 fully saturated rings. The molecule has 9 N–H and O–H groups in total. The van der Waals surface area contributed by atoms with Gasteiger partial charge >= 0.3 is 0 Å². The number of hydrogen-bond acceptors (Lipinski definition) is 10. The number of rotatable bonds is 5.